The highest BCUT2D eigenvalue weighted by Crippen LogP contribution is 2.27. The SMILES string of the molecule is CCOc1ccc(NCc2cn3c(C)cc(C)nc3n2)cc1Cl. The number of anilines is 1. The van der Waals surface area contributed by atoms with Crippen molar-refractivity contribution < 1.29 is 4.74 Å². The van der Waals surface area contributed by atoms with E-state index in [1.54, 1.807) is 0 Å². The van der Waals surface area contributed by atoms with Crippen LogP contribution in [0.4, 0.5) is 5.69 Å². The van der Waals surface area contributed by atoms with Crippen LogP contribution in [0.15, 0.2) is 30.5 Å². The second-order valence-corrected chi connectivity index (χ2v) is 5.78. The molecule has 2 heterocycles. The number of ether oxygens (including phenoxy) is 1. The molecule has 0 aliphatic rings. The largest absolute Gasteiger partial charge is 0.492 e. The molecular formula is C17H19ClN4O. The zero-order valence-electron chi connectivity index (χ0n) is 13.4. The van der Waals surface area contributed by atoms with Crippen molar-refractivity contribution >= 4 is 23.1 Å². The zero-order valence-corrected chi connectivity index (χ0v) is 14.2. The Labute approximate surface area is 140 Å². The van der Waals surface area contributed by atoms with Gasteiger partial charge < -0.3 is 10.1 Å². The topological polar surface area (TPSA) is 51.5 Å². The molecule has 1 N–H and O–H groups in total. The highest BCUT2D eigenvalue weighted by molar-refractivity contribution is 6.32. The highest BCUT2D eigenvalue weighted by Gasteiger charge is 2.07. The van der Waals surface area contributed by atoms with E-state index in [0.29, 0.717) is 23.9 Å². The number of hydrogen-bond donors (Lipinski definition) is 1. The Kier molecular flexibility index (Phi) is 4.39. The van der Waals surface area contributed by atoms with E-state index in [9.17, 15) is 0 Å². The van der Waals surface area contributed by atoms with Gasteiger partial charge in [-0.25, -0.2) is 9.97 Å². The molecule has 5 nitrogen and oxygen atoms in total. The summed E-state index contributed by atoms with van der Waals surface area (Å²) in [5.41, 5.74) is 3.95. The van der Waals surface area contributed by atoms with Crippen molar-refractivity contribution in [1.82, 2.24) is 14.4 Å². The molecule has 0 atom stereocenters. The van der Waals surface area contributed by atoms with Gasteiger partial charge in [0.05, 0.1) is 23.9 Å². The summed E-state index contributed by atoms with van der Waals surface area (Å²) in [6, 6.07) is 7.71. The van der Waals surface area contributed by atoms with Gasteiger partial charge in [0.1, 0.15) is 5.75 Å². The number of hydrogen-bond acceptors (Lipinski definition) is 4. The minimum Gasteiger partial charge on any atom is -0.492 e. The molecule has 0 saturated heterocycles. The molecule has 23 heavy (non-hydrogen) atoms. The van der Waals surface area contributed by atoms with Crippen molar-refractivity contribution in [1.29, 1.82) is 0 Å². The van der Waals surface area contributed by atoms with Crippen LogP contribution in [0.25, 0.3) is 5.78 Å². The van der Waals surface area contributed by atoms with Crippen LogP contribution in [-0.2, 0) is 6.54 Å². The molecule has 0 aliphatic heterocycles. The molecule has 3 rings (SSSR count). The standard InChI is InChI=1S/C17H19ClN4O/c1-4-23-16-6-5-13(8-15(16)18)19-9-14-10-22-12(3)7-11(2)20-17(22)21-14/h5-8,10,19H,4,9H2,1-3H3. The van der Waals surface area contributed by atoms with Gasteiger partial charge >= 0.3 is 0 Å². The molecule has 0 radical (unpaired) electrons. The lowest BCUT2D eigenvalue weighted by atomic mass is 10.3. The summed E-state index contributed by atoms with van der Waals surface area (Å²) in [5, 5.41) is 3.92. The van der Waals surface area contributed by atoms with E-state index in [-0.39, 0.29) is 0 Å². The molecule has 0 spiro atoms. The molecule has 1 aromatic carbocycles. The first-order valence-corrected chi connectivity index (χ1v) is 7.93. The van der Waals surface area contributed by atoms with Crippen LogP contribution in [0.1, 0.15) is 24.0 Å². The molecule has 0 unspecified atom stereocenters. The highest BCUT2D eigenvalue weighted by atomic mass is 35.5. The summed E-state index contributed by atoms with van der Waals surface area (Å²) in [5.74, 6) is 1.42. The van der Waals surface area contributed by atoms with Gasteiger partial charge in [0.2, 0.25) is 5.78 Å². The minimum atomic E-state index is 0.597. The number of nitrogens with one attached hydrogen (secondary N) is 1. The zero-order chi connectivity index (χ0) is 16.4. The monoisotopic (exact) mass is 330 g/mol. The van der Waals surface area contributed by atoms with Gasteiger partial charge in [0.15, 0.2) is 0 Å². The van der Waals surface area contributed by atoms with Crippen molar-refractivity contribution in [2.75, 3.05) is 11.9 Å². The molecule has 0 bridgehead atoms. The molecule has 0 aliphatic carbocycles. The van der Waals surface area contributed by atoms with Crippen molar-refractivity contribution in [2.24, 2.45) is 0 Å². The Bertz CT molecular complexity index is 844. The maximum atomic E-state index is 6.20. The van der Waals surface area contributed by atoms with Crippen LogP contribution in [0.5, 0.6) is 5.75 Å². The van der Waals surface area contributed by atoms with Crippen molar-refractivity contribution in [3.63, 3.8) is 0 Å². The Morgan fingerprint density at radius 3 is 2.78 bits per heavy atom. The Hall–Kier alpha value is -2.27. The number of aromatic nitrogens is 3. The number of rotatable bonds is 5. The van der Waals surface area contributed by atoms with E-state index in [2.05, 4.69) is 15.3 Å². The van der Waals surface area contributed by atoms with Gasteiger partial charge in [-0.3, -0.25) is 4.40 Å². The summed E-state index contributed by atoms with van der Waals surface area (Å²) < 4.78 is 7.43. The van der Waals surface area contributed by atoms with Crippen LogP contribution in [0.2, 0.25) is 5.02 Å². The van der Waals surface area contributed by atoms with Gasteiger partial charge in [-0.1, -0.05) is 11.6 Å². The Balaban J connectivity index is 1.75. The summed E-state index contributed by atoms with van der Waals surface area (Å²) >= 11 is 6.20. The number of nitrogens with zero attached hydrogens (tertiary/aromatic N) is 3. The normalized spacial score (nSPS) is 11.0. The lowest BCUT2D eigenvalue weighted by Crippen LogP contribution is -2.00. The Morgan fingerprint density at radius 2 is 2.04 bits per heavy atom. The molecular weight excluding hydrogens is 312 g/mol. The van der Waals surface area contributed by atoms with Crippen molar-refractivity contribution in [3.05, 3.63) is 52.6 Å². The third-order valence-corrected chi connectivity index (χ3v) is 3.81. The van der Waals surface area contributed by atoms with Gasteiger partial charge in [0, 0.05) is 23.3 Å². The fraction of sp³-hybridized carbons (Fsp3) is 0.294. The van der Waals surface area contributed by atoms with Gasteiger partial charge in [-0.15, -0.1) is 0 Å². The lowest BCUT2D eigenvalue weighted by Gasteiger charge is -2.09. The first-order valence-electron chi connectivity index (χ1n) is 7.55. The second-order valence-electron chi connectivity index (χ2n) is 5.37. The van der Waals surface area contributed by atoms with Crippen LogP contribution >= 0.6 is 11.6 Å². The number of halogens is 1. The predicted molar refractivity (Wildman–Crippen MR) is 92.4 cm³/mol. The second kappa shape index (κ2) is 6.46. The van der Waals surface area contributed by atoms with Crippen LogP contribution in [-0.4, -0.2) is 21.0 Å². The number of aryl methyl sites for hydroxylation is 2. The quantitative estimate of drug-likeness (QED) is 0.768. The van der Waals surface area contributed by atoms with E-state index >= 15 is 0 Å². The molecule has 0 amide bonds. The third kappa shape index (κ3) is 3.40. The molecule has 2 aromatic heterocycles. The molecule has 0 fully saturated rings. The van der Waals surface area contributed by atoms with E-state index in [4.69, 9.17) is 16.3 Å². The average Bonchev–Trinajstić information content (AvgIpc) is 2.91. The van der Waals surface area contributed by atoms with Crippen molar-refractivity contribution in [2.45, 2.75) is 27.3 Å². The fourth-order valence-corrected chi connectivity index (χ4v) is 2.71. The third-order valence-electron chi connectivity index (χ3n) is 3.52. The minimum absolute atomic E-state index is 0.597. The maximum Gasteiger partial charge on any atom is 0.234 e. The van der Waals surface area contributed by atoms with Gasteiger partial charge in [-0.05, 0) is 45.0 Å². The first kappa shape index (κ1) is 15.6. The summed E-state index contributed by atoms with van der Waals surface area (Å²) in [7, 11) is 0. The van der Waals surface area contributed by atoms with Crippen molar-refractivity contribution in [3.8, 4) is 5.75 Å². The summed E-state index contributed by atoms with van der Waals surface area (Å²) in [6.45, 7) is 7.16. The van der Waals surface area contributed by atoms with E-state index in [1.807, 2.05) is 55.6 Å². The lowest BCUT2D eigenvalue weighted by molar-refractivity contribution is 0.340. The summed E-state index contributed by atoms with van der Waals surface area (Å²) in [6.07, 6.45) is 2.00. The fourth-order valence-electron chi connectivity index (χ4n) is 2.48. The predicted octanol–water partition coefficient (Wildman–Crippen LogP) is 4.01. The number of imidazole rings is 1. The van der Waals surface area contributed by atoms with Crippen LogP contribution < -0.4 is 10.1 Å². The molecule has 6 heteroatoms. The van der Waals surface area contributed by atoms with E-state index < -0.39 is 0 Å². The Morgan fingerprint density at radius 1 is 1.22 bits per heavy atom. The molecule has 0 saturated carbocycles. The number of fused-ring (bicyclic) bond motifs is 1. The number of benzene rings is 1. The average molecular weight is 331 g/mol. The van der Waals surface area contributed by atoms with E-state index in [1.165, 1.54) is 0 Å². The first-order chi connectivity index (χ1) is 11.1. The smallest absolute Gasteiger partial charge is 0.234 e. The molecule has 3 aromatic rings. The van der Waals surface area contributed by atoms with Gasteiger partial charge in [0.25, 0.3) is 0 Å². The van der Waals surface area contributed by atoms with Gasteiger partial charge in [-0.2, -0.15) is 0 Å². The van der Waals surface area contributed by atoms with Crippen LogP contribution in [0, 0.1) is 13.8 Å². The van der Waals surface area contributed by atoms with Crippen LogP contribution in [0.3, 0.4) is 0 Å². The molecule has 120 valence electrons. The summed E-state index contributed by atoms with van der Waals surface area (Å²) in [4.78, 5) is 9.00. The maximum absolute atomic E-state index is 6.20. The van der Waals surface area contributed by atoms with E-state index in [0.717, 1.165) is 28.5 Å².